The molecule has 2 heterocycles. The summed E-state index contributed by atoms with van der Waals surface area (Å²) in [6.07, 6.45) is 1.40. The minimum atomic E-state index is -0.600. The summed E-state index contributed by atoms with van der Waals surface area (Å²) >= 11 is 5.60. The highest BCUT2D eigenvalue weighted by Crippen LogP contribution is 2.34. The highest BCUT2D eigenvalue weighted by Gasteiger charge is 2.29. The molecule has 0 spiro atoms. The minimum absolute atomic E-state index is 0.00000753. The van der Waals surface area contributed by atoms with Crippen molar-refractivity contribution in [1.29, 1.82) is 0 Å². The van der Waals surface area contributed by atoms with Crippen LogP contribution in [0.15, 0.2) is 42.5 Å². The Kier molecular flexibility index (Phi) is 6.13. The molecule has 1 fully saturated rings. The molecule has 2 aromatic carbocycles. The van der Waals surface area contributed by atoms with Gasteiger partial charge in [0.15, 0.2) is 16.3 Å². The van der Waals surface area contributed by atoms with E-state index in [1.807, 2.05) is 24.3 Å². The van der Waals surface area contributed by atoms with Gasteiger partial charge in [0.2, 0.25) is 0 Å². The molecule has 0 aliphatic carbocycles. The molecule has 6 nitrogen and oxygen atoms in total. The molecule has 3 aromatic rings. The molecule has 160 valence electrons. The van der Waals surface area contributed by atoms with Crippen LogP contribution in [0.25, 0.3) is 11.0 Å². The van der Waals surface area contributed by atoms with Crippen molar-refractivity contribution in [2.45, 2.75) is 38.0 Å². The number of fused-ring (bicyclic) bond motifs is 1. The quantitative estimate of drug-likeness (QED) is 0.568. The smallest absolute Gasteiger partial charge is 0.178 e. The van der Waals surface area contributed by atoms with E-state index in [9.17, 15) is 5.11 Å². The lowest BCUT2D eigenvalue weighted by molar-refractivity contribution is 0.0386. The van der Waals surface area contributed by atoms with Gasteiger partial charge in [0.1, 0.15) is 0 Å². The third kappa shape index (κ3) is 3.85. The molecular weight excluding hydrogens is 398 g/mol. The molecule has 1 aliphatic heterocycles. The normalized spacial score (nSPS) is 17.7. The summed E-state index contributed by atoms with van der Waals surface area (Å²) in [7, 11) is 3.22. The zero-order valence-electron chi connectivity index (χ0n) is 17.7. The van der Waals surface area contributed by atoms with Gasteiger partial charge in [-0.2, -0.15) is 0 Å². The Morgan fingerprint density at radius 1 is 1.07 bits per heavy atom. The van der Waals surface area contributed by atoms with E-state index in [2.05, 4.69) is 39.6 Å². The van der Waals surface area contributed by atoms with E-state index < -0.39 is 6.10 Å². The number of piperidine rings is 1. The first-order chi connectivity index (χ1) is 14.5. The van der Waals surface area contributed by atoms with Crippen molar-refractivity contribution in [3.05, 3.63) is 52.8 Å². The van der Waals surface area contributed by atoms with Crippen LogP contribution in [-0.2, 0) is 0 Å². The number of H-pyrrole nitrogens is 1. The van der Waals surface area contributed by atoms with Gasteiger partial charge in [0.25, 0.3) is 0 Å². The summed E-state index contributed by atoms with van der Waals surface area (Å²) in [5.74, 6) is 1.30. The maximum atomic E-state index is 11.0. The molecule has 4 rings (SSSR count). The van der Waals surface area contributed by atoms with Crippen LogP contribution in [0.4, 0.5) is 0 Å². The maximum absolute atomic E-state index is 11.0. The molecule has 1 saturated heterocycles. The Morgan fingerprint density at radius 2 is 1.77 bits per heavy atom. The number of aliphatic hydroxyl groups excluding tert-OH is 1. The molecule has 1 aliphatic rings. The zero-order valence-corrected chi connectivity index (χ0v) is 18.5. The number of aromatic amines is 1. The highest BCUT2D eigenvalue weighted by atomic mass is 32.1. The number of aliphatic hydroxyl groups is 1. The zero-order chi connectivity index (χ0) is 21.3. The van der Waals surface area contributed by atoms with Gasteiger partial charge in [0.05, 0.1) is 31.4 Å². The number of ether oxygens (including phenoxy) is 2. The fraction of sp³-hybridized carbons (Fsp3) is 0.435. The van der Waals surface area contributed by atoms with Crippen molar-refractivity contribution < 1.29 is 14.6 Å². The summed E-state index contributed by atoms with van der Waals surface area (Å²) in [5, 5.41) is 11.0. The second kappa shape index (κ2) is 8.79. The lowest BCUT2D eigenvalue weighted by Crippen LogP contribution is -2.43. The van der Waals surface area contributed by atoms with E-state index in [1.165, 1.54) is 5.52 Å². The number of methoxy groups -OCH3 is 2. The minimum Gasteiger partial charge on any atom is -0.493 e. The molecule has 0 bridgehead atoms. The standard InChI is InChI=1S/C23H29N3O3S/c1-15(22(27)16-8-9-20(28-2)21(14-16)29-3)25-12-10-17(11-13-25)26-19-7-5-4-6-18(19)24-23(26)30/h4-9,14-15,17,22,27H,10-13H2,1-3H3,(H,24,30). The van der Waals surface area contributed by atoms with Crippen LogP contribution in [0, 0.1) is 4.77 Å². The number of imidazole rings is 1. The lowest BCUT2D eigenvalue weighted by Gasteiger charge is -2.38. The van der Waals surface area contributed by atoms with Gasteiger partial charge >= 0.3 is 0 Å². The van der Waals surface area contributed by atoms with Crippen molar-refractivity contribution in [3.63, 3.8) is 0 Å². The molecule has 0 saturated carbocycles. The Balaban J connectivity index is 1.46. The average molecular weight is 428 g/mol. The van der Waals surface area contributed by atoms with Crippen LogP contribution in [0.5, 0.6) is 11.5 Å². The summed E-state index contributed by atoms with van der Waals surface area (Å²) in [6.45, 7) is 3.91. The largest absolute Gasteiger partial charge is 0.493 e. The van der Waals surface area contributed by atoms with Gasteiger partial charge in [-0.05, 0) is 61.8 Å². The van der Waals surface area contributed by atoms with E-state index in [-0.39, 0.29) is 6.04 Å². The number of likely N-dealkylation sites (tertiary alicyclic amines) is 1. The Bertz CT molecular complexity index is 1070. The van der Waals surface area contributed by atoms with Crippen LogP contribution >= 0.6 is 12.2 Å². The molecule has 30 heavy (non-hydrogen) atoms. The van der Waals surface area contributed by atoms with Gasteiger partial charge in [-0.3, -0.25) is 4.90 Å². The van der Waals surface area contributed by atoms with E-state index in [4.69, 9.17) is 21.7 Å². The van der Waals surface area contributed by atoms with Crippen LogP contribution < -0.4 is 9.47 Å². The number of para-hydroxylation sites is 2. The van der Waals surface area contributed by atoms with E-state index in [0.29, 0.717) is 17.5 Å². The maximum Gasteiger partial charge on any atom is 0.178 e. The number of nitrogens with zero attached hydrogens (tertiary/aromatic N) is 2. The molecule has 1 aromatic heterocycles. The highest BCUT2D eigenvalue weighted by molar-refractivity contribution is 7.71. The monoisotopic (exact) mass is 427 g/mol. The first-order valence-electron chi connectivity index (χ1n) is 10.4. The van der Waals surface area contributed by atoms with Crippen molar-refractivity contribution in [3.8, 4) is 11.5 Å². The summed E-state index contributed by atoms with van der Waals surface area (Å²) < 4.78 is 13.7. The molecule has 2 atom stereocenters. The molecule has 0 radical (unpaired) electrons. The predicted molar refractivity (Wildman–Crippen MR) is 121 cm³/mol. The van der Waals surface area contributed by atoms with Crippen LogP contribution in [0.2, 0.25) is 0 Å². The van der Waals surface area contributed by atoms with E-state index in [1.54, 1.807) is 14.2 Å². The van der Waals surface area contributed by atoms with Crippen LogP contribution in [-0.4, -0.2) is 52.9 Å². The average Bonchev–Trinajstić information content (AvgIpc) is 3.13. The molecule has 2 N–H and O–H groups in total. The Morgan fingerprint density at radius 3 is 2.47 bits per heavy atom. The fourth-order valence-corrected chi connectivity index (χ4v) is 4.86. The van der Waals surface area contributed by atoms with Crippen molar-refractivity contribution >= 4 is 23.3 Å². The SMILES string of the molecule is COc1ccc(C(O)C(C)N2CCC(n3c(=S)[nH]c4ccccc43)CC2)cc1OC. The van der Waals surface area contributed by atoms with Crippen LogP contribution in [0.3, 0.4) is 0 Å². The Labute approximate surface area is 182 Å². The molecule has 2 unspecified atom stereocenters. The Hall–Kier alpha value is -2.35. The summed E-state index contributed by atoms with van der Waals surface area (Å²) in [6, 6.07) is 14.2. The first-order valence-corrected chi connectivity index (χ1v) is 10.8. The second-order valence-corrected chi connectivity index (χ2v) is 8.27. The summed E-state index contributed by atoms with van der Waals surface area (Å²) in [4.78, 5) is 5.68. The third-order valence-corrected chi connectivity index (χ3v) is 6.57. The first kappa shape index (κ1) is 20.9. The number of nitrogens with one attached hydrogen (secondary N) is 1. The third-order valence-electron chi connectivity index (χ3n) is 6.27. The van der Waals surface area contributed by atoms with E-state index in [0.717, 1.165) is 41.8 Å². The van der Waals surface area contributed by atoms with Crippen molar-refractivity contribution in [2.75, 3.05) is 27.3 Å². The van der Waals surface area contributed by atoms with Gasteiger partial charge in [-0.1, -0.05) is 18.2 Å². The van der Waals surface area contributed by atoms with Crippen molar-refractivity contribution in [1.82, 2.24) is 14.5 Å². The number of aromatic nitrogens is 2. The van der Waals surface area contributed by atoms with Gasteiger partial charge in [-0.15, -0.1) is 0 Å². The lowest BCUT2D eigenvalue weighted by atomic mass is 9.97. The van der Waals surface area contributed by atoms with E-state index >= 15 is 0 Å². The van der Waals surface area contributed by atoms with Gasteiger partial charge in [0, 0.05) is 25.2 Å². The predicted octanol–water partition coefficient (Wildman–Crippen LogP) is 4.48. The van der Waals surface area contributed by atoms with Gasteiger partial charge in [-0.25, -0.2) is 0 Å². The van der Waals surface area contributed by atoms with Crippen LogP contribution in [0.1, 0.15) is 37.5 Å². The molecule has 0 amide bonds. The number of hydrogen-bond donors (Lipinski definition) is 2. The number of hydrogen-bond acceptors (Lipinski definition) is 5. The fourth-order valence-electron chi connectivity index (χ4n) is 4.50. The second-order valence-electron chi connectivity index (χ2n) is 7.88. The molecule has 7 heteroatoms. The topological polar surface area (TPSA) is 62.7 Å². The summed E-state index contributed by atoms with van der Waals surface area (Å²) in [5.41, 5.74) is 3.09. The van der Waals surface area contributed by atoms with Crippen molar-refractivity contribution in [2.24, 2.45) is 0 Å². The molecular formula is C23H29N3O3S. The number of benzene rings is 2. The number of rotatable bonds is 6. The van der Waals surface area contributed by atoms with Gasteiger partial charge < -0.3 is 24.1 Å².